The second-order valence-electron chi connectivity index (χ2n) is 4.73. The molecule has 3 heteroatoms. The predicted molar refractivity (Wildman–Crippen MR) is 66.1 cm³/mol. The molecule has 0 saturated carbocycles. The van der Waals surface area contributed by atoms with E-state index in [4.69, 9.17) is 9.47 Å². The van der Waals surface area contributed by atoms with Gasteiger partial charge in [0.15, 0.2) is 0 Å². The maximum Gasteiger partial charge on any atom is 0.119 e. The first kappa shape index (κ1) is 12.4. The lowest BCUT2D eigenvalue weighted by Gasteiger charge is -2.35. The molecule has 2 rings (SSSR count). The van der Waals surface area contributed by atoms with Crippen LogP contribution >= 0.6 is 0 Å². The first-order chi connectivity index (χ1) is 8.35. The zero-order chi connectivity index (χ0) is 12.0. The van der Waals surface area contributed by atoms with Gasteiger partial charge in [-0.05, 0) is 31.4 Å². The maximum absolute atomic E-state index is 9.50. The molecular formula is C14H20O3. The van der Waals surface area contributed by atoms with Crippen LogP contribution in [-0.4, -0.2) is 31.5 Å². The van der Waals surface area contributed by atoms with Crippen LogP contribution in [0.5, 0.6) is 5.75 Å². The summed E-state index contributed by atoms with van der Waals surface area (Å²) in [6.07, 6.45) is 2.91. The standard InChI is InChI=1S/C14H20O3/c15-11-14(7-4-9-16-12-14)8-10-17-13-5-2-1-3-6-13/h1-3,5-6,15H,4,7-12H2. The lowest BCUT2D eigenvalue weighted by atomic mass is 9.80. The predicted octanol–water partition coefficient (Wildman–Crippen LogP) is 2.24. The fraction of sp³-hybridized carbons (Fsp3) is 0.571. The zero-order valence-corrected chi connectivity index (χ0v) is 10.1. The first-order valence-corrected chi connectivity index (χ1v) is 6.21. The summed E-state index contributed by atoms with van der Waals surface area (Å²) in [6.45, 7) is 2.29. The summed E-state index contributed by atoms with van der Waals surface area (Å²) in [7, 11) is 0. The molecule has 1 saturated heterocycles. The second-order valence-corrected chi connectivity index (χ2v) is 4.73. The minimum absolute atomic E-state index is 0.0902. The molecule has 1 N–H and O–H groups in total. The molecule has 0 amide bonds. The summed E-state index contributed by atoms with van der Waals surface area (Å²) in [4.78, 5) is 0. The van der Waals surface area contributed by atoms with E-state index in [2.05, 4.69) is 0 Å². The SMILES string of the molecule is OCC1(CCOc2ccccc2)CCCOC1. The number of aliphatic hydroxyl groups is 1. The van der Waals surface area contributed by atoms with E-state index in [-0.39, 0.29) is 12.0 Å². The molecule has 0 aromatic heterocycles. The molecule has 94 valence electrons. The van der Waals surface area contributed by atoms with Crippen molar-refractivity contribution in [1.82, 2.24) is 0 Å². The number of aliphatic hydroxyl groups excluding tert-OH is 1. The molecule has 1 atom stereocenters. The fourth-order valence-corrected chi connectivity index (χ4v) is 2.21. The monoisotopic (exact) mass is 236 g/mol. The molecule has 0 spiro atoms. The highest BCUT2D eigenvalue weighted by Gasteiger charge is 2.32. The average Bonchev–Trinajstić information content (AvgIpc) is 2.41. The molecule has 1 aliphatic rings. The highest BCUT2D eigenvalue weighted by atomic mass is 16.5. The van der Waals surface area contributed by atoms with Crippen LogP contribution in [0.3, 0.4) is 0 Å². The van der Waals surface area contributed by atoms with Gasteiger partial charge in [-0.3, -0.25) is 0 Å². The van der Waals surface area contributed by atoms with Crippen LogP contribution in [0.15, 0.2) is 30.3 Å². The van der Waals surface area contributed by atoms with E-state index >= 15 is 0 Å². The van der Waals surface area contributed by atoms with Crippen molar-refractivity contribution >= 4 is 0 Å². The molecule has 0 aliphatic carbocycles. The van der Waals surface area contributed by atoms with Gasteiger partial charge in [0.25, 0.3) is 0 Å². The fourth-order valence-electron chi connectivity index (χ4n) is 2.21. The molecule has 1 aliphatic heterocycles. The van der Waals surface area contributed by atoms with Gasteiger partial charge >= 0.3 is 0 Å². The largest absolute Gasteiger partial charge is 0.494 e. The number of hydrogen-bond donors (Lipinski definition) is 1. The molecule has 1 unspecified atom stereocenters. The Morgan fingerprint density at radius 3 is 2.76 bits per heavy atom. The molecule has 0 radical (unpaired) electrons. The van der Waals surface area contributed by atoms with Crippen LogP contribution in [0.2, 0.25) is 0 Å². The van der Waals surface area contributed by atoms with Gasteiger partial charge in [-0.2, -0.15) is 0 Å². The Bertz CT molecular complexity index is 317. The van der Waals surface area contributed by atoms with E-state index in [1.807, 2.05) is 30.3 Å². The molecule has 0 bridgehead atoms. The molecule has 1 aromatic rings. The van der Waals surface area contributed by atoms with E-state index in [1.165, 1.54) is 0 Å². The van der Waals surface area contributed by atoms with Crippen molar-refractivity contribution in [1.29, 1.82) is 0 Å². The van der Waals surface area contributed by atoms with Crippen LogP contribution < -0.4 is 4.74 Å². The molecular weight excluding hydrogens is 216 g/mol. The van der Waals surface area contributed by atoms with Gasteiger partial charge in [0, 0.05) is 12.0 Å². The number of ether oxygens (including phenoxy) is 2. The first-order valence-electron chi connectivity index (χ1n) is 6.21. The van der Waals surface area contributed by atoms with E-state index in [0.29, 0.717) is 13.2 Å². The Morgan fingerprint density at radius 1 is 1.29 bits per heavy atom. The Labute approximate surface area is 102 Å². The van der Waals surface area contributed by atoms with Gasteiger partial charge in [-0.15, -0.1) is 0 Å². The van der Waals surface area contributed by atoms with Crippen molar-refractivity contribution in [3.05, 3.63) is 30.3 Å². The van der Waals surface area contributed by atoms with Crippen molar-refractivity contribution < 1.29 is 14.6 Å². The van der Waals surface area contributed by atoms with E-state index < -0.39 is 0 Å². The number of rotatable bonds is 5. The molecule has 1 heterocycles. The third-order valence-electron chi connectivity index (χ3n) is 3.38. The van der Waals surface area contributed by atoms with E-state index in [1.54, 1.807) is 0 Å². The summed E-state index contributed by atoms with van der Waals surface area (Å²) in [6, 6.07) is 9.78. The van der Waals surface area contributed by atoms with Crippen LogP contribution in [0.4, 0.5) is 0 Å². The zero-order valence-electron chi connectivity index (χ0n) is 10.1. The van der Waals surface area contributed by atoms with Crippen LogP contribution in [0.25, 0.3) is 0 Å². The number of para-hydroxylation sites is 1. The average molecular weight is 236 g/mol. The van der Waals surface area contributed by atoms with Crippen LogP contribution in [-0.2, 0) is 4.74 Å². The highest BCUT2D eigenvalue weighted by molar-refractivity contribution is 5.20. The topological polar surface area (TPSA) is 38.7 Å². The summed E-state index contributed by atoms with van der Waals surface area (Å²) < 4.78 is 11.1. The molecule has 1 fully saturated rings. The van der Waals surface area contributed by atoms with E-state index in [0.717, 1.165) is 31.6 Å². The maximum atomic E-state index is 9.50. The Morgan fingerprint density at radius 2 is 2.12 bits per heavy atom. The smallest absolute Gasteiger partial charge is 0.119 e. The summed E-state index contributed by atoms with van der Waals surface area (Å²) >= 11 is 0. The van der Waals surface area contributed by atoms with Gasteiger partial charge in [0.1, 0.15) is 5.75 Å². The van der Waals surface area contributed by atoms with Crippen LogP contribution in [0, 0.1) is 5.41 Å². The molecule has 1 aromatic carbocycles. The minimum Gasteiger partial charge on any atom is -0.494 e. The van der Waals surface area contributed by atoms with Gasteiger partial charge < -0.3 is 14.6 Å². The summed E-state index contributed by atoms with van der Waals surface area (Å²) in [5.41, 5.74) is -0.0902. The van der Waals surface area contributed by atoms with Crippen molar-refractivity contribution in [2.45, 2.75) is 19.3 Å². The Hall–Kier alpha value is -1.06. The van der Waals surface area contributed by atoms with Crippen molar-refractivity contribution in [2.24, 2.45) is 5.41 Å². The Balaban J connectivity index is 1.80. The quantitative estimate of drug-likeness (QED) is 0.852. The van der Waals surface area contributed by atoms with Crippen molar-refractivity contribution in [2.75, 3.05) is 26.4 Å². The summed E-state index contributed by atoms with van der Waals surface area (Å²) in [5.74, 6) is 0.886. The van der Waals surface area contributed by atoms with Crippen molar-refractivity contribution in [3.8, 4) is 5.75 Å². The normalized spacial score (nSPS) is 24.5. The van der Waals surface area contributed by atoms with Crippen LogP contribution in [0.1, 0.15) is 19.3 Å². The van der Waals surface area contributed by atoms with Gasteiger partial charge in [0.2, 0.25) is 0 Å². The third kappa shape index (κ3) is 3.45. The third-order valence-corrected chi connectivity index (χ3v) is 3.38. The Kier molecular flexibility index (Phi) is 4.40. The van der Waals surface area contributed by atoms with Gasteiger partial charge in [0.05, 0.1) is 19.8 Å². The summed E-state index contributed by atoms with van der Waals surface area (Å²) in [5, 5.41) is 9.50. The molecule has 17 heavy (non-hydrogen) atoms. The number of hydrogen-bond acceptors (Lipinski definition) is 3. The van der Waals surface area contributed by atoms with Gasteiger partial charge in [-0.25, -0.2) is 0 Å². The number of benzene rings is 1. The lowest BCUT2D eigenvalue weighted by Crippen LogP contribution is -2.36. The van der Waals surface area contributed by atoms with E-state index in [9.17, 15) is 5.11 Å². The molecule has 3 nitrogen and oxygen atoms in total. The minimum atomic E-state index is -0.0902. The highest BCUT2D eigenvalue weighted by Crippen LogP contribution is 2.31. The second kappa shape index (κ2) is 6.03. The van der Waals surface area contributed by atoms with Gasteiger partial charge in [-0.1, -0.05) is 18.2 Å². The van der Waals surface area contributed by atoms with Crippen molar-refractivity contribution in [3.63, 3.8) is 0 Å². The lowest BCUT2D eigenvalue weighted by molar-refractivity contribution is -0.0481.